The molecule has 0 atom stereocenters. The molecule has 0 saturated heterocycles. The Morgan fingerprint density at radius 3 is 2.64 bits per heavy atom. The molecule has 0 aliphatic rings. The van der Waals surface area contributed by atoms with Gasteiger partial charge in [0.1, 0.15) is 11.5 Å². The summed E-state index contributed by atoms with van der Waals surface area (Å²) in [5.41, 5.74) is 0.335. The first-order valence-electron chi connectivity index (χ1n) is 8.43. The number of nitrogens with zero attached hydrogens (tertiary/aromatic N) is 3. The molecule has 0 saturated carbocycles. The summed E-state index contributed by atoms with van der Waals surface area (Å²) in [6, 6.07) is 10.6. The third-order valence-electron chi connectivity index (χ3n) is 3.77. The summed E-state index contributed by atoms with van der Waals surface area (Å²) in [6.45, 7) is 0.328. The number of sulfone groups is 1. The minimum Gasteiger partial charge on any atom is -0.413 e. The number of aromatic nitrogens is 3. The molecule has 0 spiro atoms. The van der Waals surface area contributed by atoms with Gasteiger partial charge in [-0.2, -0.15) is 0 Å². The van der Waals surface area contributed by atoms with Crippen molar-refractivity contribution in [2.24, 2.45) is 0 Å². The molecule has 0 aliphatic heterocycles. The summed E-state index contributed by atoms with van der Waals surface area (Å²) in [4.78, 5) is 15.8. The number of aryl methyl sites for hydroxylation is 1. The highest BCUT2D eigenvalue weighted by Gasteiger charge is 2.24. The topological polar surface area (TPSA) is 115 Å². The Balaban J connectivity index is 1.52. The number of nitrogens with one attached hydrogen (secondary N) is 1. The monoisotopic (exact) mass is 404 g/mol. The van der Waals surface area contributed by atoms with Gasteiger partial charge in [-0.15, -0.1) is 5.10 Å². The first kappa shape index (κ1) is 19.6. The van der Waals surface area contributed by atoms with Gasteiger partial charge in [0.25, 0.3) is 5.91 Å². The number of carbonyl (C=O) groups is 1. The second-order valence-electron chi connectivity index (χ2n) is 5.89. The molecule has 2 heterocycles. The van der Waals surface area contributed by atoms with Gasteiger partial charge >= 0.3 is 5.22 Å². The maximum absolute atomic E-state index is 13.7. The van der Waals surface area contributed by atoms with E-state index in [0.29, 0.717) is 18.7 Å². The number of halogens is 1. The Morgan fingerprint density at radius 1 is 1.11 bits per heavy atom. The van der Waals surface area contributed by atoms with Crippen LogP contribution in [-0.2, 0) is 22.0 Å². The second-order valence-corrected chi connectivity index (χ2v) is 7.75. The summed E-state index contributed by atoms with van der Waals surface area (Å²) in [7, 11) is -3.95. The van der Waals surface area contributed by atoms with E-state index in [2.05, 4.69) is 20.5 Å². The lowest BCUT2D eigenvalue weighted by atomic mass is 10.2. The largest absolute Gasteiger partial charge is 0.413 e. The molecule has 0 fully saturated rings. The van der Waals surface area contributed by atoms with E-state index in [-0.39, 0.29) is 23.8 Å². The van der Waals surface area contributed by atoms with E-state index in [0.717, 1.165) is 0 Å². The first-order chi connectivity index (χ1) is 13.5. The summed E-state index contributed by atoms with van der Waals surface area (Å²) < 4.78 is 43.5. The van der Waals surface area contributed by atoms with Crippen molar-refractivity contribution in [3.05, 3.63) is 71.6 Å². The van der Waals surface area contributed by atoms with Crippen molar-refractivity contribution in [3.63, 3.8) is 0 Å². The van der Waals surface area contributed by atoms with Crippen LogP contribution in [0.2, 0.25) is 0 Å². The summed E-state index contributed by atoms with van der Waals surface area (Å²) in [5, 5.41) is 9.40. The van der Waals surface area contributed by atoms with Gasteiger partial charge in [-0.1, -0.05) is 29.4 Å². The van der Waals surface area contributed by atoms with E-state index < -0.39 is 26.6 Å². The molecule has 146 valence electrons. The number of carbonyl (C=O) groups excluding carboxylic acids is 1. The average Bonchev–Trinajstić information content (AvgIpc) is 3.17. The van der Waals surface area contributed by atoms with Crippen molar-refractivity contribution in [1.82, 2.24) is 20.5 Å². The quantitative estimate of drug-likeness (QED) is 0.571. The van der Waals surface area contributed by atoms with E-state index in [4.69, 9.17) is 4.42 Å². The van der Waals surface area contributed by atoms with Crippen molar-refractivity contribution < 1.29 is 22.0 Å². The Hall–Kier alpha value is -3.14. The molecule has 10 heteroatoms. The molecular weight excluding hydrogens is 387 g/mol. The van der Waals surface area contributed by atoms with Crippen molar-refractivity contribution in [1.29, 1.82) is 0 Å². The van der Waals surface area contributed by atoms with Crippen LogP contribution < -0.4 is 5.32 Å². The zero-order valence-electron chi connectivity index (χ0n) is 14.7. The molecule has 8 nitrogen and oxygen atoms in total. The Bertz CT molecular complexity index is 1050. The number of rotatable bonds is 8. The van der Waals surface area contributed by atoms with E-state index in [1.165, 1.54) is 24.4 Å². The van der Waals surface area contributed by atoms with Gasteiger partial charge in [0.05, 0.1) is 5.75 Å². The average molecular weight is 404 g/mol. The lowest BCUT2D eigenvalue weighted by molar-refractivity contribution is 0.0948. The maximum atomic E-state index is 13.7. The highest BCUT2D eigenvalue weighted by atomic mass is 32.2. The smallest absolute Gasteiger partial charge is 0.335 e. The van der Waals surface area contributed by atoms with Crippen LogP contribution >= 0.6 is 0 Å². The van der Waals surface area contributed by atoms with Crippen LogP contribution in [0.3, 0.4) is 0 Å². The minimum atomic E-state index is -3.95. The summed E-state index contributed by atoms with van der Waals surface area (Å²) in [6.07, 6.45) is 2.27. The summed E-state index contributed by atoms with van der Waals surface area (Å²) >= 11 is 0. The van der Waals surface area contributed by atoms with Crippen LogP contribution in [-0.4, -0.2) is 36.1 Å². The Labute approximate surface area is 160 Å². The molecular formula is C18H17FN4O4S. The highest BCUT2D eigenvalue weighted by molar-refractivity contribution is 7.90. The molecule has 3 rings (SSSR count). The van der Waals surface area contributed by atoms with Crippen molar-refractivity contribution in [2.75, 3.05) is 6.54 Å². The number of hydrogen-bond donors (Lipinski definition) is 1. The van der Waals surface area contributed by atoms with Gasteiger partial charge in [-0.05, 0) is 24.6 Å². The molecule has 28 heavy (non-hydrogen) atoms. The van der Waals surface area contributed by atoms with Gasteiger partial charge in [0, 0.05) is 24.7 Å². The predicted molar refractivity (Wildman–Crippen MR) is 96.5 cm³/mol. The standard InChI is InChI=1S/C18H17FN4O4S/c19-14-7-2-1-6-13(14)12-28(25,26)18-23-22-16(27-18)9-5-11-21-17(24)15-8-3-4-10-20-15/h1-4,6-8,10H,5,9,11-12H2,(H,21,24). The normalized spacial score (nSPS) is 11.3. The van der Waals surface area contributed by atoms with Crippen LogP contribution in [0.5, 0.6) is 0 Å². The Morgan fingerprint density at radius 2 is 1.89 bits per heavy atom. The number of benzene rings is 1. The fourth-order valence-corrected chi connectivity index (χ4v) is 3.53. The predicted octanol–water partition coefficient (Wildman–Crippen LogP) is 1.94. The molecule has 3 aromatic rings. The Kier molecular flexibility index (Phi) is 6.09. The van der Waals surface area contributed by atoms with Crippen LogP contribution in [0.1, 0.15) is 28.4 Å². The molecule has 1 amide bonds. The van der Waals surface area contributed by atoms with Crippen molar-refractivity contribution in [3.8, 4) is 0 Å². The molecule has 0 radical (unpaired) electrons. The van der Waals surface area contributed by atoms with Gasteiger partial charge in [0.2, 0.25) is 15.7 Å². The SMILES string of the molecule is O=C(NCCCc1nnc(S(=O)(=O)Cc2ccccc2F)o1)c1ccccn1. The van der Waals surface area contributed by atoms with Gasteiger partial charge in [-0.3, -0.25) is 9.78 Å². The minimum absolute atomic E-state index is 0.0273. The van der Waals surface area contributed by atoms with Gasteiger partial charge < -0.3 is 9.73 Å². The number of pyridine rings is 1. The lowest BCUT2D eigenvalue weighted by Gasteiger charge is -2.03. The van der Waals surface area contributed by atoms with Crippen LogP contribution in [0.25, 0.3) is 0 Å². The third kappa shape index (κ3) is 4.97. The zero-order chi connectivity index (χ0) is 20.0. The summed E-state index contributed by atoms with van der Waals surface area (Å²) in [5.74, 6) is -1.37. The van der Waals surface area contributed by atoms with Crippen molar-refractivity contribution in [2.45, 2.75) is 23.8 Å². The third-order valence-corrected chi connectivity index (χ3v) is 5.16. The van der Waals surface area contributed by atoms with Gasteiger partial charge in [-0.25, -0.2) is 12.8 Å². The first-order valence-corrected chi connectivity index (χ1v) is 10.1. The molecule has 0 aliphatic carbocycles. The van der Waals surface area contributed by atoms with E-state index in [1.54, 1.807) is 24.3 Å². The zero-order valence-corrected chi connectivity index (χ0v) is 15.5. The molecule has 2 aromatic heterocycles. The molecule has 0 bridgehead atoms. The number of amides is 1. The number of hydrogen-bond acceptors (Lipinski definition) is 7. The maximum Gasteiger partial charge on any atom is 0.335 e. The van der Waals surface area contributed by atoms with E-state index >= 15 is 0 Å². The highest BCUT2D eigenvalue weighted by Crippen LogP contribution is 2.17. The second kappa shape index (κ2) is 8.70. The van der Waals surface area contributed by atoms with Crippen LogP contribution in [0.15, 0.2) is 58.3 Å². The van der Waals surface area contributed by atoms with Gasteiger partial charge in [0.15, 0.2) is 0 Å². The van der Waals surface area contributed by atoms with Crippen LogP contribution in [0.4, 0.5) is 4.39 Å². The molecule has 1 aromatic carbocycles. The van der Waals surface area contributed by atoms with Crippen molar-refractivity contribution >= 4 is 15.7 Å². The molecule has 1 N–H and O–H groups in total. The van der Waals surface area contributed by atoms with E-state index in [9.17, 15) is 17.6 Å². The van der Waals surface area contributed by atoms with E-state index in [1.807, 2.05) is 0 Å². The van der Waals surface area contributed by atoms with Crippen LogP contribution in [0, 0.1) is 5.82 Å². The fourth-order valence-electron chi connectivity index (χ4n) is 2.38. The fraction of sp³-hybridized carbons (Fsp3) is 0.222. The molecule has 0 unspecified atom stereocenters. The lowest BCUT2D eigenvalue weighted by Crippen LogP contribution is -2.25.